The van der Waals surface area contributed by atoms with Crippen LogP contribution in [0.5, 0.6) is 0 Å². The molecule has 0 bridgehead atoms. The minimum atomic E-state index is 0. The smallest absolute Gasteiger partial charge is 0.239 e. The number of nitrogens with one attached hydrogen (secondary N) is 1. The highest BCUT2D eigenvalue weighted by Crippen LogP contribution is 2.18. The van der Waals surface area contributed by atoms with E-state index in [9.17, 15) is 4.79 Å². The first kappa shape index (κ1) is 13.8. The van der Waals surface area contributed by atoms with Gasteiger partial charge in [-0.15, -0.1) is 12.4 Å². The molecule has 1 N–H and O–H groups in total. The van der Waals surface area contributed by atoms with E-state index in [0.29, 0.717) is 5.91 Å². The van der Waals surface area contributed by atoms with E-state index in [4.69, 9.17) is 0 Å². The van der Waals surface area contributed by atoms with E-state index in [2.05, 4.69) is 17.1 Å². The highest BCUT2D eigenvalue weighted by atomic mass is 35.5. The summed E-state index contributed by atoms with van der Waals surface area (Å²) >= 11 is 0. The van der Waals surface area contributed by atoms with E-state index in [0.717, 1.165) is 38.4 Å². The molecule has 2 aliphatic rings. The quantitative estimate of drug-likeness (QED) is 0.766. The fourth-order valence-electron chi connectivity index (χ4n) is 2.60. The Morgan fingerprint density at radius 1 is 1.19 bits per heavy atom. The lowest BCUT2D eigenvalue weighted by molar-refractivity contribution is -0.133. The zero-order valence-electron chi connectivity index (χ0n) is 10.1. The minimum Gasteiger partial charge on any atom is -0.341 e. The number of likely N-dealkylation sites (tertiary alicyclic amines) is 1. The van der Waals surface area contributed by atoms with Crippen LogP contribution in [0.4, 0.5) is 0 Å². The lowest BCUT2D eigenvalue weighted by Gasteiger charge is -2.24. The molecule has 4 heteroatoms. The number of hydrogen-bond acceptors (Lipinski definition) is 2. The highest BCUT2D eigenvalue weighted by Gasteiger charge is 2.27. The van der Waals surface area contributed by atoms with Crippen molar-refractivity contribution in [2.75, 3.05) is 19.6 Å². The van der Waals surface area contributed by atoms with Gasteiger partial charge in [-0.25, -0.2) is 0 Å². The number of rotatable bonds is 1. The lowest BCUT2D eigenvalue weighted by atomic mass is 10.0. The average molecular weight is 247 g/mol. The Bertz CT molecular complexity index is 229. The summed E-state index contributed by atoms with van der Waals surface area (Å²) in [4.78, 5) is 14.2. The van der Waals surface area contributed by atoms with E-state index in [1.807, 2.05) is 0 Å². The van der Waals surface area contributed by atoms with Crippen molar-refractivity contribution in [3.05, 3.63) is 0 Å². The molecule has 0 aromatic rings. The van der Waals surface area contributed by atoms with E-state index in [1.54, 1.807) is 0 Å². The van der Waals surface area contributed by atoms with E-state index in [-0.39, 0.29) is 18.4 Å². The van der Waals surface area contributed by atoms with Gasteiger partial charge >= 0.3 is 0 Å². The fraction of sp³-hybridized carbons (Fsp3) is 0.917. The van der Waals surface area contributed by atoms with Gasteiger partial charge in [-0.2, -0.15) is 0 Å². The number of hydrogen-bond donors (Lipinski definition) is 1. The Kier molecular flexibility index (Phi) is 5.56. The average Bonchev–Trinajstić information content (AvgIpc) is 2.67. The maximum Gasteiger partial charge on any atom is 0.239 e. The summed E-state index contributed by atoms with van der Waals surface area (Å²) in [5, 5.41) is 3.29. The summed E-state index contributed by atoms with van der Waals surface area (Å²) in [6.45, 7) is 5.25. The third-order valence-corrected chi connectivity index (χ3v) is 3.69. The van der Waals surface area contributed by atoms with Gasteiger partial charge in [0, 0.05) is 13.1 Å². The second kappa shape index (κ2) is 6.45. The number of nitrogens with zero attached hydrogens (tertiary/aromatic N) is 1. The second-order valence-corrected chi connectivity index (χ2v) is 5.01. The molecular weight excluding hydrogens is 224 g/mol. The number of carbonyl (C=O) groups excluding carboxylic acids is 1. The summed E-state index contributed by atoms with van der Waals surface area (Å²) in [7, 11) is 0. The van der Waals surface area contributed by atoms with Crippen LogP contribution in [0.15, 0.2) is 0 Å². The van der Waals surface area contributed by atoms with Crippen LogP contribution in [0, 0.1) is 5.92 Å². The Hall–Kier alpha value is -0.280. The van der Waals surface area contributed by atoms with Crippen molar-refractivity contribution in [1.29, 1.82) is 0 Å². The molecule has 2 unspecified atom stereocenters. The van der Waals surface area contributed by atoms with Crippen LogP contribution >= 0.6 is 12.4 Å². The van der Waals surface area contributed by atoms with Gasteiger partial charge in [0.05, 0.1) is 6.04 Å². The van der Waals surface area contributed by atoms with Gasteiger partial charge in [0.1, 0.15) is 0 Å². The summed E-state index contributed by atoms with van der Waals surface area (Å²) in [6, 6.07) is 0.124. The predicted molar refractivity (Wildman–Crippen MR) is 67.9 cm³/mol. The van der Waals surface area contributed by atoms with Gasteiger partial charge in [-0.1, -0.05) is 6.92 Å². The Balaban J connectivity index is 0.00000128. The SMILES string of the molecule is CC1CCCN(C(=O)C2CCCN2)CC1.Cl. The van der Waals surface area contributed by atoms with Crippen molar-refractivity contribution in [2.24, 2.45) is 5.92 Å². The van der Waals surface area contributed by atoms with Crippen molar-refractivity contribution in [2.45, 2.75) is 45.1 Å². The largest absolute Gasteiger partial charge is 0.341 e. The first-order valence-corrected chi connectivity index (χ1v) is 6.29. The lowest BCUT2D eigenvalue weighted by Crippen LogP contribution is -2.44. The first-order valence-electron chi connectivity index (χ1n) is 6.29. The monoisotopic (exact) mass is 246 g/mol. The third kappa shape index (κ3) is 3.36. The molecule has 1 amide bonds. The molecule has 0 saturated carbocycles. The maximum absolute atomic E-state index is 12.1. The number of carbonyl (C=O) groups is 1. The molecule has 2 heterocycles. The van der Waals surface area contributed by atoms with E-state index >= 15 is 0 Å². The molecule has 2 saturated heterocycles. The molecule has 3 nitrogen and oxygen atoms in total. The van der Waals surface area contributed by atoms with Gasteiger partial charge in [-0.3, -0.25) is 4.79 Å². The van der Waals surface area contributed by atoms with Gasteiger partial charge in [0.15, 0.2) is 0 Å². The Morgan fingerprint density at radius 2 is 2.00 bits per heavy atom. The summed E-state index contributed by atoms with van der Waals surface area (Å²) < 4.78 is 0. The van der Waals surface area contributed by atoms with E-state index < -0.39 is 0 Å². The fourth-order valence-corrected chi connectivity index (χ4v) is 2.60. The Morgan fingerprint density at radius 3 is 2.69 bits per heavy atom. The Labute approximate surface area is 104 Å². The van der Waals surface area contributed by atoms with Gasteiger partial charge in [0.25, 0.3) is 0 Å². The molecule has 0 aromatic carbocycles. The van der Waals surface area contributed by atoms with Gasteiger partial charge < -0.3 is 10.2 Å². The molecule has 0 radical (unpaired) electrons. The van der Waals surface area contributed by atoms with Crippen molar-refractivity contribution in [3.8, 4) is 0 Å². The molecule has 2 aliphatic heterocycles. The van der Waals surface area contributed by atoms with Crippen LogP contribution in [0.3, 0.4) is 0 Å². The van der Waals surface area contributed by atoms with Crippen molar-refractivity contribution in [1.82, 2.24) is 10.2 Å². The third-order valence-electron chi connectivity index (χ3n) is 3.69. The maximum atomic E-state index is 12.1. The molecule has 94 valence electrons. The highest BCUT2D eigenvalue weighted by molar-refractivity contribution is 5.85. The van der Waals surface area contributed by atoms with Crippen molar-refractivity contribution in [3.63, 3.8) is 0 Å². The van der Waals surface area contributed by atoms with Crippen molar-refractivity contribution < 1.29 is 4.79 Å². The number of halogens is 1. The first-order chi connectivity index (χ1) is 7.27. The predicted octanol–water partition coefficient (Wildman–Crippen LogP) is 1.81. The molecule has 16 heavy (non-hydrogen) atoms. The number of amides is 1. The van der Waals surface area contributed by atoms with E-state index in [1.165, 1.54) is 19.3 Å². The van der Waals surface area contributed by atoms with Crippen LogP contribution in [-0.2, 0) is 4.79 Å². The van der Waals surface area contributed by atoms with Crippen LogP contribution in [-0.4, -0.2) is 36.5 Å². The summed E-state index contributed by atoms with van der Waals surface area (Å²) in [6.07, 6.45) is 5.82. The minimum absolute atomic E-state index is 0. The summed E-state index contributed by atoms with van der Waals surface area (Å²) in [5.41, 5.74) is 0. The molecule has 0 aromatic heterocycles. The summed E-state index contributed by atoms with van der Waals surface area (Å²) in [5.74, 6) is 1.14. The molecular formula is C12H23ClN2O. The normalized spacial score (nSPS) is 30.7. The van der Waals surface area contributed by atoms with Crippen LogP contribution < -0.4 is 5.32 Å². The van der Waals surface area contributed by atoms with Crippen molar-refractivity contribution >= 4 is 18.3 Å². The van der Waals surface area contributed by atoms with Gasteiger partial charge in [-0.05, 0) is 44.6 Å². The molecule has 2 fully saturated rings. The second-order valence-electron chi connectivity index (χ2n) is 5.01. The van der Waals surface area contributed by atoms with Crippen LogP contribution in [0.25, 0.3) is 0 Å². The van der Waals surface area contributed by atoms with Gasteiger partial charge in [0.2, 0.25) is 5.91 Å². The molecule has 2 rings (SSSR count). The standard InChI is InChI=1S/C12H22N2O.ClH/c1-10-4-3-8-14(9-6-10)12(15)11-5-2-7-13-11;/h10-11,13H,2-9H2,1H3;1H. The topological polar surface area (TPSA) is 32.3 Å². The van der Waals surface area contributed by atoms with Crippen LogP contribution in [0.1, 0.15) is 39.0 Å². The van der Waals surface area contributed by atoms with Crippen LogP contribution in [0.2, 0.25) is 0 Å². The zero-order valence-corrected chi connectivity index (χ0v) is 10.9. The molecule has 2 atom stereocenters. The molecule has 0 spiro atoms. The zero-order chi connectivity index (χ0) is 10.7. The molecule has 0 aliphatic carbocycles.